The second-order valence-electron chi connectivity index (χ2n) is 5.34. The quantitative estimate of drug-likeness (QED) is 0.817. The topological polar surface area (TPSA) is 38.8 Å². The van der Waals surface area contributed by atoms with Crippen LogP contribution in [0.25, 0.3) is 0 Å². The molecule has 1 aromatic heterocycles. The number of thiophene rings is 1. The van der Waals surface area contributed by atoms with E-state index < -0.39 is 0 Å². The van der Waals surface area contributed by atoms with Crippen molar-refractivity contribution in [2.24, 2.45) is 0 Å². The van der Waals surface area contributed by atoms with Crippen LogP contribution in [0.15, 0.2) is 35.0 Å². The van der Waals surface area contributed by atoms with E-state index in [1.807, 2.05) is 16.3 Å². The molecule has 1 saturated carbocycles. The molecule has 1 aromatic carbocycles. The zero-order valence-electron chi connectivity index (χ0n) is 12.7. The molecule has 2 aromatic rings. The number of rotatable bonds is 6. The largest absolute Gasteiger partial charge is 0.493 e. The summed E-state index contributed by atoms with van der Waals surface area (Å²) in [6.45, 7) is 0.646. The maximum Gasteiger partial charge on any atom is 0.258 e. The fraction of sp³-hybridized carbons (Fsp3) is 0.353. The average Bonchev–Trinajstić information content (AvgIpc) is 3.27. The van der Waals surface area contributed by atoms with Gasteiger partial charge in [-0.25, -0.2) is 0 Å². The summed E-state index contributed by atoms with van der Waals surface area (Å²) in [5.41, 5.74) is 1.73. The van der Waals surface area contributed by atoms with E-state index in [-0.39, 0.29) is 5.91 Å². The molecule has 0 radical (unpaired) electrons. The van der Waals surface area contributed by atoms with Crippen molar-refractivity contribution < 1.29 is 14.3 Å². The first-order valence-electron chi connectivity index (χ1n) is 7.27. The number of para-hydroxylation sites is 1. The van der Waals surface area contributed by atoms with Crippen molar-refractivity contribution in [2.75, 3.05) is 14.2 Å². The third kappa shape index (κ3) is 2.95. The van der Waals surface area contributed by atoms with Crippen LogP contribution >= 0.6 is 11.3 Å². The molecule has 0 saturated heterocycles. The molecule has 1 aliphatic rings. The number of nitrogens with zero attached hydrogens (tertiary/aromatic N) is 1. The van der Waals surface area contributed by atoms with Gasteiger partial charge >= 0.3 is 0 Å². The Kier molecular flexibility index (Phi) is 4.34. The van der Waals surface area contributed by atoms with Crippen LogP contribution in [0.4, 0.5) is 0 Å². The minimum Gasteiger partial charge on any atom is -0.493 e. The van der Waals surface area contributed by atoms with Gasteiger partial charge < -0.3 is 14.4 Å². The number of hydrogen-bond acceptors (Lipinski definition) is 4. The predicted molar refractivity (Wildman–Crippen MR) is 86.8 cm³/mol. The van der Waals surface area contributed by atoms with Crippen LogP contribution < -0.4 is 9.47 Å². The Bertz CT molecular complexity index is 650. The van der Waals surface area contributed by atoms with Crippen LogP contribution in [0.1, 0.15) is 28.8 Å². The summed E-state index contributed by atoms with van der Waals surface area (Å²) < 4.78 is 10.7. The summed E-state index contributed by atoms with van der Waals surface area (Å²) in [6, 6.07) is 7.83. The van der Waals surface area contributed by atoms with Crippen molar-refractivity contribution in [3.05, 3.63) is 46.2 Å². The lowest BCUT2D eigenvalue weighted by molar-refractivity contribution is 0.0726. The highest BCUT2D eigenvalue weighted by atomic mass is 32.1. The molecule has 1 aliphatic carbocycles. The maximum atomic E-state index is 13.0. The van der Waals surface area contributed by atoms with Crippen LogP contribution in [-0.4, -0.2) is 31.1 Å². The van der Waals surface area contributed by atoms with Crippen LogP contribution in [-0.2, 0) is 6.54 Å². The molecule has 5 heteroatoms. The second-order valence-corrected chi connectivity index (χ2v) is 6.12. The summed E-state index contributed by atoms with van der Waals surface area (Å²) in [5.74, 6) is 1.09. The normalized spacial score (nSPS) is 13.7. The van der Waals surface area contributed by atoms with Gasteiger partial charge in [0.1, 0.15) is 0 Å². The highest BCUT2D eigenvalue weighted by Crippen LogP contribution is 2.35. The Labute approximate surface area is 134 Å². The average molecular weight is 317 g/mol. The molecule has 0 atom stereocenters. The highest BCUT2D eigenvalue weighted by molar-refractivity contribution is 7.07. The van der Waals surface area contributed by atoms with Crippen molar-refractivity contribution in [3.63, 3.8) is 0 Å². The van der Waals surface area contributed by atoms with Gasteiger partial charge in [0.25, 0.3) is 5.91 Å². The van der Waals surface area contributed by atoms with Crippen molar-refractivity contribution in [3.8, 4) is 11.5 Å². The third-order valence-corrected chi connectivity index (χ3v) is 4.55. The van der Waals surface area contributed by atoms with Gasteiger partial charge in [0.2, 0.25) is 0 Å². The van der Waals surface area contributed by atoms with Crippen LogP contribution in [0.2, 0.25) is 0 Å². The lowest BCUT2D eigenvalue weighted by Gasteiger charge is -2.23. The smallest absolute Gasteiger partial charge is 0.258 e. The van der Waals surface area contributed by atoms with Crippen LogP contribution in [0.5, 0.6) is 11.5 Å². The lowest BCUT2D eigenvalue weighted by Crippen LogP contribution is -2.32. The van der Waals surface area contributed by atoms with Crippen LogP contribution in [0.3, 0.4) is 0 Å². The standard InChI is InChI=1S/C17H19NO3S/c1-20-15-5-3-4-14(16(15)21-2)17(19)18(13-6-7-13)10-12-8-9-22-11-12/h3-5,8-9,11,13H,6-7,10H2,1-2H3. The number of carbonyl (C=O) groups excluding carboxylic acids is 1. The number of benzene rings is 1. The fourth-order valence-corrected chi connectivity index (χ4v) is 3.20. The molecule has 1 heterocycles. The first-order valence-corrected chi connectivity index (χ1v) is 8.22. The zero-order chi connectivity index (χ0) is 15.5. The predicted octanol–water partition coefficient (Wildman–Crippen LogP) is 3.57. The van der Waals surface area contributed by atoms with Crippen molar-refractivity contribution in [1.29, 1.82) is 0 Å². The van der Waals surface area contributed by atoms with Gasteiger partial charge in [-0.3, -0.25) is 4.79 Å². The molecule has 0 bridgehead atoms. The summed E-state index contributed by atoms with van der Waals surface area (Å²) in [4.78, 5) is 14.9. The van der Waals surface area contributed by atoms with E-state index in [9.17, 15) is 4.79 Å². The van der Waals surface area contributed by atoms with Crippen molar-refractivity contribution >= 4 is 17.2 Å². The van der Waals surface area contributed by atoms with Crippen LogP contribution in [0, 0.1) is 0 Å². The fourth-order valence-electron chi connectivity index (χ4n) is 2.54. The second kappa shape index (κ2) is 6.40. The maximum absolute atomic E-state index is 13.0. The number of ether oxygens (including phenoxy) is 2. The van der Waals surface area contributed by atoms with E-state index in [0.29, 0.717) is 29.6 Å². The molecule has 1 amide bonds. The van der Waals surface area contributed by atoms with Gasteiger partial charge in [-0.2, -0.15) is 11.3 Å². The summed E-state index contributed by atoms with van der Waals surface area (Å²) in [5, 5.41) is 4.13. The molecule has 0 unspecified atom stereocenters. The van der Waals surface area contributed by atoms with Crippen molar-refractivity contribution in [1.82, 2.24) is 4.90 Å². The van der Waals surface area contributed by atoms with Gasteiger partial charge in [0.15, 0.2) is 11.5 Å². The van der Waals surface area contributed by atoms with Crippen molar-refractivity contribution in [2.45, 2.75) is 25.4 Å². The molecule has 0 aliphatic heterocycles. The molecular formula is C17H19NO3S. The van der Waals surface area contributed by atoms with Gasteiger partial charge in [-0.1, -0.05) is 6.07 Å². The minimum atomic E-state index is 0.00412. The Morgan fingerprint density at radius 2 is 2.09 bits per heavy atom. The molecule has 22 heavy (non-hydrogen) atoms. The number of methoxy groups -OCH3 is 2. The van der Waals surface area contributed by atoms with E-state index in [2.05, 4.69) is 11.4 Å². The molecule has 1 fully saturated rings. The zero-order valence-corrected chi connectivity index (χ0v) is 13.6. The third-order valence-electron chi connectivity index (χ3n) is 3.81. The first-order chi connectivity index (χ1) is 10.7. The van der Waals surface area contributed by atoms with E-state index in [4.69, 9.17) is 9.47 Å². The number of amides is 1. The molecular weight excluding hydrogens is 298 g/mol. The first kappa shape index (κ1) is 14.9. The summed E-state index contributed by atoms with van der Waals surface area (Å²) in [6.07, 6.45) is 2.14. The van der Waals surface area contributed by atoms with E-state index in [1.165, 1.54) is 5.56 Å². The molecule has 0 N–H and O–H groups in total. The Hall–Kier alpha value is -2.01. The monoisotopic (exact) mass is 317 g/mol. The number of carbonyl (C=O) groups is 1. The van der Waals surface area contributed by atoms with Gasteiger partial charge in [0.05, 0.1) is 19.8 Å². The van der Waals surface area contributed by atoms with E-state index >= 15 is 0 Å². The Morgan fingerprint density at radius 3 is 2.68 bits per heavy atom. The molecule has 0 spiro atoms. The SMILES string of the molecule is COc1cccc(C(=O)N(Cc2ccsc2)C2CC2)c1OC. The van der Waals surface area contributed by atoms with Gasteiger partial charge in [-0.15, -0.1) is 0 Å². The Balaban J connectivity index is 1.90. The molecule has 116 valence electrons. The summed E-state index contributed by atoms with van der Waals surface area (Å²) in [7, 11) is 3.14. The Morgan fingerprint density at radius 1 is 1.27 bits per heavy atom. The van der Waals surface area contributed by atoms with Gasteiger partial charge in [0, 0.05) is 12.6 Å². The highest BCUT2D eigenvalue weighted by Gasteiger charge is 2.34. The molecule has 4 nitrogen and oxygen atoms in total. The molecule has 3 rings (SSSR count). The lowest BCUT2D eigenvalue weighted by atomic mass is 10.1. The van der Waals surface area contributed by atoms with E-state index in [1.54, 1.807) is 37.7 Å². The van der Waals surface area contributed by atoms with Gasteiger partial charge in [-0.05, 0) is 47.4 Å². The van der Waals surface area contributed by atoms with E-state index in [0.717, 1.165) is 12.8 Å². The summed E-state index contributed by atoms with van der Waals surface area (Å²) >= 11 is 1.65. The minimum absolute atomic E-state index is 0.00412. The number of hydrogen-bond donors (Lipinski definition) is 0.